The van der Waals surface area contributed by atoms with Gasteiger partial charge in [-0.1, -0.05) is 6.08 Å². The van der Waals surface area contributed by atoms with E-state index < -0.39 is 11.9 Å². The number of carboxylic acids is 2. The molecule has 0 fully saturated rings. The molecule has 4 heteroatoms. The first-order valence-corrected chi connectivity index (χ1v) is 2.97. The van der Waals surface area contributed by atoms with Crippen molar-refractivity contribution in [2.75, 3.05) is 0 Å². The van der Waals surface area contributed by atoms with Crippen LogP contribution in [0.2, 0.25) is 0 Å². The van der Waals surface area contributed by atoms with Crippen molar-refractivity contribution in [3.63, 3.8) is 0 Å². The van der Waals surface area contributed by atoms with E-state index in [1.165, 1.54) is 0 Å². The molecule has 0 aliphatic carbocycles. The van der Waals surface area contributed by atoms with E-state index in [0.29, 0.717) is 5.57 Å². The number of rotatable bonds is 1. The van der Waals surface area contributed by atoms with Crippen molar-refractivity contribution in [1.82, 2.24) is 0 Å². The van der Waals surface area contributed by atoms with Crippen LogP contribution in [0.4, 0.5) is 0 Å². The Labute approximate surface area is 65.2 Å². The third kappa shape index (κ3) is 17.7. The maximum Gasteiger partial charge on any atom is 0.330 e. The van der Waals surface area contributed by atoms with Gasteiger partial charge in [0, 0.05) is 12.5 Å². The Morgan fingerprint density at radius 1 is 1.18 bits per heavy atom. The summed E-state index contributed by atoms with van der Waals surface area (Å²) < 4.78 is 0. The number of carbonyl (C=O) groups is 2. The molecular formula is C7H12O4. The summed E-state index contributed by atoms with van der Waals surface area (Å²) in [5.74, 6) is -1.68. The summed E-state index contributed by atoms with van der Waals surface area (Å²) >= 11 is 0. The van der Waals surface area contributed by atoms with Gasteiger partial charge in [-0.25, -0.2) is 4.79 Å². The highest BCUT2D eigenvalue weighted by Gasteiger charge is 1.93. The molecule has 0 bridgehead atoms. The summed E-state index contributed by atoms with van der Waals surface area (Å²) in [5.41, 5.74) is 0.389. The Kier molecular flexibility index (Phi) is 7.64. The Balaban J connectivity index is 0. The Hall–Kier alpha value is -1.32. The molecule has 11 heavy (non-hydrogen) atoms. The van der Waals surface area contributed by atoms with Crippen LogP contribution in [0.5, 0.6) is 0 Å². The Bertz CT molecular complexity index is 165. The van der Waals surface area contributed by atoms with Crippen LogP contribution in [0.3, 0.4) is 0 Å². The first-order valence-electron chi connectivity index (χ1n) is 2.97. The first-order chi connectivity index (χ1) is 4.91. The van der Waals surface area contributed by atoms with Gasteiger partial charge in [-0.05, 0) is 13.8 Å². The molecule has 64 valence electrons. The molecule has 0 atom stereocenters. The SMILES string of the molecule is C/C=C(\C)C(=O)O.CC(=O)O. The van der Waals surface area contributed by atoms with Crippen molar-refractivity contribution in [3.8, 4) is 0 Å². The molecule has 0 aliphatic heterocycles. The van der Waals surface area contributed by atoms with Crippen LogP contribution in [0.15, 0.2) is 11.6 Å². The molecule has 0 unspecified atom stereocenters. The smallest absolute Gasteiger partial charge is 0.330 e. The van der Waals surface area contributed by atoms with E-state index in [0.717, 1.165) is 6.92 Å². The highest BCUT2D eigenvalue weighted by molar-refractivity contribution is 5.85. The highest BCUT2D eigenvalue weighted by atomic mass is 16.4. The molecule has 0 heterocycles. The minimum Gasteiger partial charge on any atom is -0.481 e. The molecule has 0 saturated heterocycles. The Morgan fingerprint density at radius 2 is 1.45 bits per heavy atom. The van der Waals surface area contributed by atoms with Gasteiger partial charge in [-0.3, -0.25) is 4.79 Å². The van der Waals surface area contributed by atoms with Gasteiger partial charge >= 0.3 is 5.97 Å². The van der Waals surface area contributed by atoms with Gasteiger partial charge in [-0.15, -0.1) is 0 Å². The number of hydrogen-bond acceptors (Lipinski definition) is 2. The topological polar surface area (TPSA) is 74.6 Å². The third-order valence-corrected chi connectivity index (χ3v) is 0.770. The second-order valence-corrected chi connectivity index (χ2v) is 1.80. The minimum atomic E-state index is -0.845. The van der Waals surface area contributed by atoms with Crippen LogP contribution in [0.1, 0.15) is 20.8 Å². The van der Waals surface area contributed by atoms with Gasteiger partial charge < -0.3 is 10.2 Å². The van der Waals surface area contributed by atoms with Crippen LogP contribution in [-0.2, 0) is 9.59 Å². The molecule has 2 N–H and O–H groups in total. The van der Waals surface area contributed by atoms with Crippen molar-refractivity contribution >= 4 is 11.9 Å². The molecular weight excluding hydrogens is 148 g/mol. The molecule has 0 radical (unpaired) electrons. The largest absolute Gasteiger partial charge is 0.481 e. The van der Waals surface area contributed by atoms with E-state index in [2.05, 4.69) is 0 Å². The average Bonchev–Trinajstić information content (AvgIpc) is 1.85. The van der Waals surface area contributed by atoms with Crippen LogP contribution in [0, 0.1) is 0 Å². The zero-order valence-corrected chi connectivity index (χ0v) is 6.79. The molecule has 0 aromatic rings. The second-order valence-electron chi connectivity index (χ2n) is 1.80. The fourth-order valence-electron chi connectivity index (χ4n) is 0.123. The quantitative estimate of drug-likeness (QED) is 0.564. The standard InChI is InChI=1S/C5H8O2.C2H4O2/c1-3-4(2)5(6)7;1-2(3)4/h3H,1-2H3,(H,6,7);1H3,(H,3,4)/b4-3+;. The number of aliphatic carboxylic acids is 2. The fourth-order valence-corrected chi connectivity index (χ4v) is 0.123. The molecule has 0 amide bonds. The lowest BCUT2D eigenvalue weighted by Gasteiger charge is -1.84. The summed E-state index contributed by atoms with van der Waals surface area (Å²) in [6.45, 7) is 4.34. The van der Waals surface area contributed by atoms with E-state index in [-0.39, 0.29) is 0 Å². The van der Waals surface area contributed by atoms with Crippen LogP contribution < -0.4 is 0 Å². The van der Waals surface area contributed by atoms with Gasteiger partial charge in [0.2, 0.25) is 0 Å². The van der Waals surface area contributed by atoms with E-state index >= 15 is 0 Å². The number of hydrogen-bond donors (Lipinski definition) is 2. The third-order valence-electron chi connectivity index (χ3n) is 0.770. The van der Waals surface area contributed by atoms with Crippen molar-refractivity contribution in [3.05, 3.63) is 11.6 Å². The molecule has 4 nitrogen and oxygen atoms in total. The summed E-state index contributed by atoms with van der Waals surface area (Å²) in [6.07, 6.45) is 1.56. The predicted molar refractivity (Wildman–Crippen MR) is 40.4 cm³/mol. The van der Waals surface area contributed by atoms with E-state index in [9.17, 15) is 4.79 Å². The molecule has 0 aromatic carbocycles. The van der Waals surface area contributed by atoms with E-state index in [1.807, 2.05) is 0 Å². The average molecular weight is 160 g/mol. The van der Waals surface area contributed by atoms with E-state index in [1.54, 1.807) is 19.9 Å². The summed E-state index contributed by atoms with van der Waals surface area (Å²) in [4.78, 5) is 18.9. The van der Waals surface area contributed by atoms with Crippen LogP contribution in [-0.4, -0.2) is 22.2 Å². The van der Waals surface area contributed by atoms with Gasteiger partial charge in [0.05, 0.1) is 0 Å². The van der Waals surface area contributed by atoms with Crippen LogP contribution >= 0.6 is 0 Å². The van der Waals surface area contributed by atoms with Gasteiger partial charge in [-0.2, -0.15) is 0 Å². The lowest BCUT2D eigenvalue weighted by molar-refractivity contribution is -0.134. The molecule has 0 aromatic heterocycles. The highest BCUT2D eigenvalue weighted by Crippen LogP contribution is 1.87. The normalized spacial score (nSPS) is 9.55. The maximum absolute atomic E-state index is 9.86. The zero-order chi connectivity index (χ0) is 9.44. The first kappa shape index (κ1) is 12.4. The lowest BCUT2D eigenvalue weighted by atomic mass is 10.3. The van der Waals surface area contributed by atoms with Crippen LogP contribution in [0.25, 0.3) is 0 Å². The summed E-state index contributed by atoms with van der Waals surface area (Å²) in [7, 11) is 0. The van der Waals surface area contributed by atoms with Gasteiger partial charge in [0.15, 0.2) is 0 Å². The Morgan fingerprint density at radius 3 is 1.45 bits per heavy atom. The van der Waals surface area contributed by atoms with Crippen molar-refractivity contribution < 1.29 is 19.8 Å². The van der Waals surface area contributed by atoms with Crippen molar-refractivity contribution in [2.45, 2.75) is 20.8 Å². The van der Waals surface area contributed by atoms with Gasteiger partial charge in [0.1, 0.15) is 0 Å². The molecule has 0 spiro atoms. The maximum atomic E-state index is 9.86. The second kappa shape index (κ2) is 6.80. The predicted octanol–water partition coefficient (Wildman–Crippen LogP) is 1.13. The number of allylic oxidation sites excluding steroid dienone is 1. The molecule has 0 saturated carbocycles. The van der Waals surface area contributed by atoms with E-state index in [4.69, 9.17) is 15.0 Å². The monoisotopic (exact) mass is 160 g/mol. The fraction of sp³-hybridized carbons (Fsp3) is 0.429. The lowest BCUT2D eigenvalue weighted by Crippen LogP contribution is -1.93. The summed E-state index contributed by atoms with van der Waals surface area (Å²) in [6, 6.07) is 0. The van der Waals surface area contributed by atoms with Crippen molar-refractivity contribution in [1.29, 1.82) is 0 Å². The summed E-state index contributed by atoms with van der Waals surface area (Å²) in [5, 5.41) is 15.5. The number of carboxylic acid groups (broad SMARTS) is 2. The van der Waals surface area contributed by atoms with Gasteiger partial charge in [0.25, 0.3) is 5.97 Å². The van der Waals surface area contributed by atoms with Crippen molar-refractivity contribution in [2.24, 2.45) is 0 Å². The minimum absolute atomic E-state index is 0.389. The zero-order valence-electron chi connectivity index (χ0n) is 6.79. The molecule has 0 aliphatic rings. The molecule has 0 rings (SSSR count).